The highest BCUT2D eigenvalue weighted by Crippen LogP contribution is 2.23. The third kappa shape index (κ3) is 4.39. The monoisotopic (exact) mass is 402 g/mol. The molecule has 5 heteroatoms. The highest BCUT2D eigenvalue weighted by Gasteiger charge is 2.08. The molecule has 0 aliphatic heterocycles. The third-order valence-electron chi connectivity index (χ3n) is 4.53. The Morgan fingerprint density at radius 3 is 2.72 bits per heavy atom. The molecule has 144 valence electrons. The fourth-order valence-electron chi connectivity index (χ4n) is 3.04. The maximum absolute atomic E-state index is 12.4. The van der Waals surface area contributed by atoms with Crippen LogP contribution in [0.2, 0.25) is 0 Å². The van der Waals surface area contributed by atoms with E-state index < -0.39 is 0 Å². The maximum atomic E-state index is 12.4. The standard InChI is InChI=1S/C24H19ClN2O2/c1-17-7-6-12-27-23(28)15-22(26-24(17)27)21(25)14-19-10-5-11-20(13-19)29-16-18-8-3-2-4-9-18/h2-15H,16H2,1H3/b21-14-. The van der Waals surface area contributed by atoms with Gasteiger partial charge in [-0.3, -0.25) is 9.20 Å². The molecule has 0 atom stereocenters. The molecule has 0 saturated carbocycles. The number of aryl methyl sites for hydroxylation is 1. The number of hydrogen-bond acceptors (Lipinski definition) is 3. The highest BCUT2D eigenvalue weighted by molar-refractivity contribution is 6.51. The molecule has 2 aromatic heterocycles. The molecule has 2 aromatic carbocycles. The number of aromatic nitrogens is 2. The molecule has 0 N–H and O–H groups in total. The number of rotatable bonds is 5. The van der Waals surface area contributed by atoms with E-state index in [9.17, 15) is 4.79 Å². The minimum absolute atomic E-state index is 0.166. The van der Waals surface area contributed by atoms with Crippen molar-refractivity contribution in [2.75, 3.05) is 0 Å². The first-order valence-electron chi connectivity index (χ1n) is 9.23. The van der Waals surface area contributed by atoms with Crippen molar-refractivity contribution in [3.05, 3.63) is 112 Å². The highest BCUT2D eigenvalue weighted by atomic mass is 35.5. The van der Waals surface area contributed by atoms with E-state index >= 15 is 0 Å². The Kier molecular flexibility index (Phi) is 5.45. The second-order valence-electron chi connectivity index (χ2n) is 6.70. The van der Waals surface area contributed by atoms with E-state index in [1.54, 1.807) is 12.3 Å². The van der Waals surface area contributed by atoms with E-state index in [0.717, 1.165) is 22.4 Å². The molecule has 2 heterocycles. The lowest BCUT2D eigenvalue weighted by Crippen LogP contribution is -2.15. The Hall–Kier alpha value is -3.37. The van der Waals surface area contributed by atoms with Crippen molar-refractivity contribution in [1.29, 1.82) is 0 Å². The third-order valence-corrected chi connectivity index (χ3v) is 4.83. The summed E-state index contributed by atoms with van der Waals surface area (Å²) in [7, 11) is 0. The van der Waals surface area contributed by atoms with Gasteiger partial charge in [0.2, 0.25) is 0 Å². The van der Waals surface area contributed by atoms with Crippen LogP contribution in [0, 0.1) is 6.92 Å². The first-order chi connectivity index (χ1) is 14.1. The fourth-order valence-corrected chi connectivity index (χ4v) is 3.26. The van der Waals surface area contributed by atoms with Crippen LogP contribution in [-0.4, -0.2) is 9.38 Å². The number of pyridine rings is 1. The maximum Gasteiger partial charge on any atom is 0.258 e. The smallest absolute Gasteiger partial charge is 0.258 e. The zero-order valence-electron chi connectivity index (χ0n) is 15.9. The number of fused-ring (bicyclic) bond motifs is 1. The van der Waals surface area contributed by atoms with Crippen LogP contribution in [0.5, 0.6) is 5.75 Å². The van der Waals surface area contributed by atoms with E-state index in [-0.39, 0.29) is 5.56 Å². The number of benzene rings is 2. The molecule has 0 radical (unpaired) electrons. The van der Waals surface area contributed by atoms with Crippen LogP contribution < -0.4 is 10.3 Å². The molecule has 0 aliphatic rings. The first kappa shape index (κ1) is 19.0. The lowest BCUT2D eigenvalue weighted by molar-refractivity contribution is 0.306. The predicted octanol–water partition coefficient (Wildman–Crippen LogP) is 5.32. The lowest BCUT2D eigenvalue weighted by atomic mass is 10.2. The molecule has 4 rings (SSSR count). The van der Waals surface area contributed by atoms with Crippen molar-refractivity contribution in [2.24, 2.45) is 0 Å². The Morgan fingerprint density at radius 1 is 1.07 bits per heavy atom. The first-order valence-corrected chi connectivity index (χ1v) is 9.61. The second kappa shape index (κ2) is 8.33. The zero-order valence-corrected chi connectivity index (χ0v) is 16.6. The fraction of sp³-hybridized carbons (Fsp3) is 0.0833. The van der Waals surface area contributed by atoms with Crippen LogP contribution in [-0.2, 0) is 6.61 Å². The van der Waals surface area contributed by atoms with Gasteiger partial charge in [-0.15, -0.1) is 0 Å². The largest absolute Gasteiger partial charge is 0.489 e. The van der Waals surface area contributed by atoms with E-state index in [4.69, 9.17) is 16.3 Å². The zero-order chi connectivity index (χ0) is 20.2. The van der Waals surface area contributed by atoms with E-state index in [1.807, 2.05) is 73.7 Å². The molecule has 0 spiro atoms. The topological polar surface area (TPSA) is 43.6 Å². The van der Waals surface area contributed by atoms with Gasteiger partial charge in [-0.05, 0) is 47.9 Å². The summed E-state index contributed by atoms with van der Waals surface area (Å²) in [6.45, 7) is 2.40. The van der Waals surface area contributed by atoms with Gasteiger partial charge in [-0.1, -0.05) is 60.1 Å². The summed E-state index contributed by atoms with van der Waals surface area (Å²) in [5, 5.41) is 0.396. The molecule has 0 aliphatic carbocycles. The van der Waals surface area contributed by atoms with Crippen molar-refractivity contribution in [2.45, 2.75) is 13.5 Å². The Balaban J connectivity index is 1.60. The predicted molar refractivity (Wildman–Crippen MR) is 117 cm³/mol. The minimum Gasteiger partial charge on any atom is -0.489 e. The summed E-state index contributed by atoms with van der Waals surface area (Å²) in [6.07, 6.45) is 3.49. The van der Waals surface area contributed by atoms with Gasteiger partial charge in [-0.2, -0.15) is 0 Å². The molecular formula is C24H19ClN2O2. The number of halogens is 1. The van der Waals surface area contributed by atoms with Gasteiger partial charge in [0, 0.05) is 12.3 Å². The number of nitrogens with zero attached hydrogens (tertiary/aromatic N) is 2. The van der Waals surface area contributed by atoms with Crippen molar-refractivity contribution in [3.63, 3.8) is 0 Å². The molecule has 0 saturated heterocycles. The quantitative estimate of drug-likeness (QED) is 0.454. The van der Waals surface area contributed by atoms with Crippen molar-refractivity contribution in [1.82, 2.24) is 9.38 Å². The molecule has 0 unspecified atom stereocenters. The summed E-state index contributed by atoms with van der Waals surface area (Å²) >= 11 is 6.50. The SMILES string of the molecule is Cc1cccn2c(=O)cc(/C(Cl)=C/c3cccc(OCc4ccccc4)c3)nc12. The van der Waals surface area contributed by atoms with Crippen LogP contribution in [0.3, 0.4) is 0 Å². The van der Waals surface area contributed by atoms with Gasteiger partial charge >= 0.3 is 0 Å². The van der Waals surface area contributed by atoms with Crippen molar-refractivity contribution >= 4 is 28.4 Å². The van der Waals surface area contributed by atoms with Crippen LogP contribution in [0.25, 0.3) is 16.8 Å². The van der Waals surface area contributed by atoms with E-state index in [2.05, 4.69) is 4.98 Å². The Bertz CT molecular complexity index is 1250. The summed E-state index contributed by atoms with van der Waals surface area (Å²) in [6, 6.07) is 22.8. The van der Waals surface area contributed by atoms with Gasteiger partial charge in [-0.25, -0.2) is 4.98 Å². The summed E-state index contributed by atoms with van der Waals surface area (Å²) in [5.74, 6) is 0.745. The average Bonchev–Trinajstić information content (AvgIpc) is 2.74. The summed E-state index contributed by atoms with van der Waals surface area (Å²) in [5.41, 5.74) is 3.76. The van der Waals surface area contributed by atoms with Gasteiger partial charge in [0.1, 0.15) is 18.0 Å². The van der Waals surface area contributed by atoms with Crippen LogP contribution in [0.1, 0.15) is 22.4 Å². The number of hydrogen-bond donors (Lipinski definition) is 0. The molecule has 29 heavy (non-hydrogen) atoms. The average molecular weight is 403 g/mol. The summed E-state index contributed by atoms with van der Waals surface area (Å²) in [4.78, 5) is 17.0. The second-order valence-corrected chi connectivity index (χ2v) is 7.11. The minimum atomic E-state index is -0.166. The Labute approximate surface area is 173 Å². The van der Waals surface area contributed by atoms with Crippen molar-refractivity contribution in [3.8, 4) is 5.75 Å². The molecule has 0 amide bonds. The van der Waals surface area contributed by atoms with Crippen LogP contribution in [0.15, 0.2) is 83.8 Å². The molecule has 0 bridgehead atoms. The normalized spacial score (nSPS) is 11.6. The van der Waals surface area contributed by atoms with E-state index in [0.29, 0.717) is 23.0 Å². The lowest BCUT2D eigenvalue weighted by Gasteiger charge is -2.08. The van der Waals surface area contributed by atoms with Crippen LogP contribution >= 0.6 is 11.6 Å². The molecular weight excluding hydrogens is 384 g/mol. The van der Waals surface area contributed by atoms with Gasteiger partial charge in [0.25, 0.3) is 5.56 Å². The molecule has 4 aromatic rings. The van der Waals surface area contributed by atoms with Gasteiger partial charge in [0.05, 0.1) is 10.7 Å². The van der Waals surface area contributed by atoms with E-state index in [1.165, 1.54) is 10.5 Å². The number of ether oxygens (including phenoxy) is 1. The Morgan fingerprint density at radius 2 is 1.90 bits per heavy atom. The van der Waals surface area contributed by atoms with Crippen molar-refractivity contribution < 1.29 is 4.74 Å². The summed E-state index contributed by atoms with van der Waals surface area (Å²) < 4.78 is 7.39. The molecule has 0 fully saturated rings. The van der Waals surface area contributed by atoms with Crippen LogP contribution in [0.4, 0.5) is 0 Å². The van der Waals surface area contributed by atoms with Gasteiger partial charge in [0.15, 0.2) is 0 Å². The van der Waals surface area contributed by atoms with Gasteiger partial charge < -0.3 is 4.74 Å². The molecule has 4 nitrogen and oxygen atoms in total.